The van der Waals surface area contributed by atoms with E-state index in [1.807, 2.05) is 36.5 Å². The fourth-order valence-corrected chi connectivity index (χ4v) is 5.16. The van der Waals surface area contributed by atoms with Gasteiger partial charge >= 0.3 is 0 Å². The van der Waals surface area contributed by atoms with Crippen LogP contribution in [0, 0.1) is 20.8 Å². The van der Waals surface area contributed by atoms with Crippen molar-refractivity contribution in [2.45, 2.75) is 32.9 Å². The number of hydrogen-bond donors (Lipinski definition) is 2. The van der Waals surface area contributed by atoms with Crippen molar-refractivity contribution < 1.29 is 5.11 Å². The van der Waals surface area contributed by atoms with Crippen LogP contribution in [0.5, 0.6) is 5.75 Å². The molecule has 5 nitrogen and oxygen atoms in total. The first-order valence-electron chi connectivity index (χ1n) is 11.0. The highest BCUT2D eigenvalue weighted by molar-refractivity contribution is 7.80. The number of nitrogens with one attached hydrogen (secondary N) is 1. The van der Waals surface area contributed by atoms with Gasteiger partial charge in [-0.25, -0.2) is 0 Å². The van der Waals surface area contributed by atoms with Gasteiger partial charge in [0.25, 0.3) is 0 Å². The molecule has 0 amide bonds. The summed E-state index contributed by atoms with van der Waals surface area (Å²) >= 11 is 5.82. The van der Waals surface area contributed by atoms with E-state index >= 15 is 0 Å². The Labute approximate surface area is 199 Å². The number of anilines is 1. The van der Waals surface area contributed by atoms with Crippen LogP contribution in [-0.2, 0) is 0 Å². The van der Waals surface area contributed by atoms with Crippen molar-refractivity contribution in [3.8, 4) is 11.4 Å². The highest BCUT2D eigenvalue weighted by atomic mass is 32.1. The Morgan fingerprint density at radius 1 is 0.909 bits per heavy atom. The topological polar surface area (TPSA) is 53.3 Å². The van der Waals surface area contributed by atoms with Gasteiger partial charge in [0.05, 0.1) is 17.8 Å². The summed E-state index contributed by atoms with van der Waals surface area (Å²) in [5.74, 6) is 0.229. The zero-order valence-corrected chi connectivity index (χ0v) is 19.7. The molecule has 4 aromatic rings. The lowest BCUT2D eigenvalue weighted by Gasteiger charge is -2.28. The van der Waals surface area contributed by atoms with Crippen molar-refractivity contribution >= 4 is 23.0 Å². The SMILES string of the molecule is Cc1cccc(-n2c(C)cc([C@@H]3[C@H](c4ccccn4)NC(=S)N3c3ccc(O)cc3)c2C)c1. The van der Waals surface area contributed by atoms with Crippen LogP contribution >= 0.6 is 12.2 Å². The molecule has 2 N–H and O–H groups in total. The van der Waals surface area contributed by atoms with Crippen molar-refractivity contribution in [2.75, 3.05) is 4.90 Å². The second kappa shape index (κ2) is 8.37. The van der Waals surface area contributed by atoms with Crippen LogP contribution in [0.25, 0.3) is 5.69 Å². The maximum absolute atomic E-state index is 9.83. The van der Waals surface area contributed by atoms with Gasteiger partial charge in [-0.2, -0.15) is 0 Å². The van der Waals surface area contributed by atoms with E-state index in [1.54, 1.807) is 12.1 Å². The molecule has 1 saturated heterocycles. The smallest absolute Gasteiger partial charge is 0.174 e. The van der Waals surface area contributed by atoms with Gasteiger partial charge in [-0.1, -0.05) is 18.2 Å². The molecular formula is C27H26N4OS. The average Bonchev–Trinajstić information content (AvgIpc) is 3.30. The summed E-state index contributed by atoms with van der Waals surface area (Å²) in [5.41, 5.74) is 7.75. The second-order valence-electron chi connectivity index (χ2n) is 8.51. The van der Waals surface area contributed by atoms with E-state index in [0.29, 0.717) is 5.11 Å². The molecule has 0 saturated carbocycles. The van der Waals surface area contributed by atoms with Crippen molar-refractivity contribution in [1.82, 2.24) is 14.9 Å². The quantitative estimate of drug-likeness (QED) is 0.389. The molecule has 3 heterocycles. The van der Waals surface area contributed by atoms with E-state index in [9.17, 15) is 5.11 Å². The summed E-state index contributed by atoms with van der Waals surface area (Å²) < 4.78 is 2.30. The summed E-state index contributed by atoms with van der Waals surface area (Å²) in [6.45, 7) is 6.41. The van der Waals surface area contributed by atoms with Crippen LogP contribution in [0.1, 0.15) is 40.3 Å². The first-order chi connectivity index (χ1) is 15.9. The molecule has 0 bridgehead atoms. The minimum atomic E-state index is -0.112. The number of benzene rings is 2. The molecule has 1 fully saturated rings. The van der Waals surface area contributed by atoms with Gasteiger partial charge in [-0.05, 0) is 98.7 Å². The molecule has 0 spiro atoms. The molecule has 1 aliphatic heterocycles. The Morgan fingerprint density at radius 3 is 2.39 bits per heavy atom. The third kappa shape index (κ3) is 3.76. The maximum Gasteiger partial charge on any atom is 0.174 e. The molecule has 0 radical (unpaired) electrons. The van der Waals surface area contributed by atoms with Crippen molar-refractivity contribution in [3.63, 3.8) is 0 Å². The summed E-state index contributed by atoms with van der Waals surface area (Å²) in [7, 11) is 0. The Bertz CT molecular complexity index is 1310. The lowest BCUT2D eigenvalue weighted by atomic mass is 9.96. The molecule has 1 aliphatic rings. The van der Waals surface area contributed by atoms with E-state index < -0.39 is 0 Å². The first kappa shape index (κ1) is 21.2. The van der Waals surface area contributed by atoms with E-state index in [-0.39, 0.29) is 17.8 Å². The van der Waals surface area contributed by atoms with Crippen LogP contribution in [0.4, 0.5) is 5.69 Å². The van der Waals surface area contributed by atoms with E-state index in [1.165, 1.54) is 16.8 Å². The number of aryl methyl sites for hydroxylation is 2. The van der Waals surface area contributed by atoms with Crippen LogP contribution in [-0.4, -0.2) is 19.8 Å². The molecule has 166 valence electrons. The number of nitrogens with zero attached hydrogens (tertiary/aromatic N) is 3. The van der Waals surface area contributed by atoms with Crippen LogP contribution in [0.15, 0.2) is 79.0 Å². The molecule has 33 heavy (non-hydrogen) atoms. The van der Waals surface area contributed by atoms with Gasteiger partial charge in [0.15, 0.2) is 5.11 Å². The molecule has 5 rings (SSSR count). The van der Waals surface area contributed by atoms with Crippen LogP contribution in [0.2, 0.25) is 0 Å². The Balaban J connectivity index is 1.68. The van der Waals surface area contributed by atoms with E-state index in [0.717, 1.165) is 22.8 Å². The van der Waals surface area contributed by atoms with E-state index in [4.69, 9.17) is 12.2 Å². The van der Waals surface area contributed by atoms with Gasteiger partial charge in [0, 0.05) is 29.0 Å². The summed E-state index contributed by atoms with van der Waals surface area (Å²) in [6.07, 6.45) is 1.82. The highest BCUT2D eigenvalue weighted by Gasteiger charge is 2.42. The number of rotatable bonds is 4. The number of phenolic OH excluding ortho intramolecular Hbond substituents is 1. The predicted molar refractivity (Wildman–Crippen MR) is 136 cm³/mol. The fourth-order valence-electron chi connectivity index (χ4n) is 4.81. The minimum Gasteiger partial charge on any atom is -0.508 e. The normalized spacial score (nSPS) is 17.9. The van der Waals surface area contributed by atoms with Gasteiger partial charge in [-0.3, -0.25) is 4.98 Å². The molecule has 2 atom stereocenters. The monoisotopic (exact) mass is 454 g/mol. The van der Waals surface area contributed by atoms with Crippen LogP contribution in [0.3, 0.4) is 0 Å². The molecule has 0 unspecified atom stereocenters. The number of aromatic hydroxyl groups is 1. The minimum absolute atomic E-state index is 0.0956. The van der Waals surface area contributed by atoms with E-state index in [2.05, 4.69) is 70.9 Å². The highest BCUT2D eigenvalue weighted by Crippen LogP contribution is 2.43. The molecular weight excluding hydrogens is 428 g/mol. The fraction of sp³-hybridized carbons (Fsp3) is 0.185. The lowest BCUT2D eigenvalue weighted by Crippen LogP contribution is -2.29. The van der Waals surface area contributed by atoms with Crippen LogP contribution < -0.4 is 10.2 Å². The molecule has 2 aromatic carbocycles. The summed E-state index contributed by atoms with van der Waals surface area (Å²) in [6, 6.07) is 23.7. The summed E-state index contributed by atoms with van der Waals surface area (Å²) in [4.78, 5) is 6.78. The zero-order valence-electron chi connectivity index (χ0n) is 18.9. The number of pyridine rings is 1. The number of thiocarbonyl (C=S) groups is 1. The van der Waals surface area contributed by atoms with Crippen molar-refractivity contribution in [3.05, 3.63) is 107 Å². The predicted octanol–water partition coefficient (Wildman–Crippen LogP) is 5.68. The lowest BCUT2D eigenvalue weighted by molar-refractivity contribution is 0.475. The van der Waals surface area contributed by atoms with Gasteiger partial charge in [0.1, 0.15) is 5.75 Å². The molecule has 0 aliphatic carbocycles. The average molecular weight is 455 g/mol. The maximum atomic E-state index is 9.83. The van der Waals surface area contributed by atoms with Gasteiger partial charge < -0.3 is 19.9 Å². The third-order valence-corrected chi connectivity index (χ3v) is 6.59. The molecule has 6 heteroatoms. The Kier molecular flexibility index (Phi) is 5.38. The number of aromatic nitrogens is 2. The largest absolute Gasteiger partial charge is 0.508 e. The zero-order chi connectivity index (χ0) is 23.1. The Hall–Kier alpha value is -3.64. The third-order valence-electron chi connectivity index (χ3n) is 6.27. The standard InChI is InChI=1S/C27H26N4OS/c1-17-7-6-8-21(15-17)30-18(2)16-23(19(30)3)26-25(24-9-4-5-14-28-24)29-27(33)31(26)20-10-12-22(32)13-11-20/h4-16,25-26,32H,1-3H3,(H,29,33)/t25-,26+/m0/s1. The number of phenols is 1. The first-order valence-corrected chi connectivity index (χ1v) is 11.4. The summed E-state index contributed by atoms with van der Waals surface area (Å²) in [5, 5.41) is 14.0. The van der Waals surface area contributed by atoms with Crippen molar-refractivity contribution in [1.29, 1.82) is 0 Å². The van der Waals surface area contributed by atoms with Crippen molar-refractivity contribution in [2.24, 2.45) is 0 Å². The van der Waals surface area contributed by atoms with Gasteiger partial charge in [-0.15, -0.1) is 0 Å². The van der Waals surface area contributed by atoms with Gasteiger partial charge in [0.2, 0.25) is 0 Å². The molecule has 2 aromatic heterocycles. The Morgan fingerprint density at radius 2 is 1.70 bits per heavy atom. The number of hydrogen-bond acceptors (Lipinski definition) is 3. The second-order valence-corrected chi connectivity index (χ2v) is 8.90.